The molecular weight excluding hydrogens is 286 g/mol. The van der Waals surface area contributed by atoms with Crippen LogP contribution in [0, 0.1) is 0 Å². The summed E-state index contributed by atoms with van der Waals surface area (Å²) in [5.41, 5.74) is 5.40. The molecule has 9 heteroatoms. The first-order valence-corrected chi connectivity index (χ1v) is 7.15. The van der Waals surface area contributed by atoms with E-state index >= 15 is 0 Å². The minimum Gasteiger partial charge on any atom is -0.388 e. The van der Waals surface area contributed by atoms with Gasteiger partial charge in [0.1, 0.15) is 17.2 Å². The Bertz CT molecular complexity index is 784. The molecule has 9 nitrogen and oxygen atoms in total. The van der Waals surface area contributed by atoms with E-state index in [4.69, 9.17) is 5.73 Å². The molecule has 4 heterocycles. The average Bonchev–Trinajstić information content (AvgIpc) is 2.84. The molecule has 22 heavy (non-hydrogen) atoms. The van der Waals surface area contributed by atoms with Gasteiger partial charge in [-0.2, -0.15) is 15.1 Å². The molecule has 4 rings (SSSR count). The van der Waals surface area contributed by atoms with Crippen LogP contribution in [0.4, 0.5) is 17.6 Å². The fourth-order valence-electron chi connectivity index (χ4n) is 3.33. The molecule has 2 aromatic heterocycles. The number of amides is 1. The molecular formula is C13H17N7O2. The Morgan fingerprint density at radius 1 is 1.41 bits per heavy atom. The number of hydrogen-bond acceptors (Lipinski definition) is 7. The van der Waals surface area contributed by atoms with E-state index in [2.05, 4.69) is 20.2 Å². The predicted molar refractivity (Wildman–Crippen MR) is 80.5 cm³/mol. The van der Waals surface area contributed by atoms with Gasteiger partial charge in [0, 0.05) is 13.6 Å². The van der Waals surface area contributed by atoms with Gasteiger partial charge in [-0.15, -0.1) is 0 Å². The average molecular weight is 303 g/mol. The molecule has 1 fully saturated rings. The molecule has 0 aromatic carbocycles. The van der Waals surface area contributed by atoms with Crippen LogP contribution in [-0.4, -0.2) is 56.4 Å². The predicted octanol–water partition coefficient (Wildman–Crippen LogP) is -0.369. The van der Waals surface area contributed by atoms with Crippen LogP contribution in [0.15, 0.2) is 0 Å². The van der Waals surface area contributed by atoms with Crippen molar-refractivity contribution in [2.45, 2.75) is 31.4 Å². The second-order valence-corrected chi connectivity index (χ2v) is 6.25. The maximum absolute atomic E-state index is 12.8. The van der Waals surface area contributed by atoms with Crippen molar-refractivity contribution >= 4 is 34.5 Å². The summed E-state index contributed by atoms with van der Waals surface area (Å²) in [6, 6.07) is -0.378. The molecule has 1 amide bonds. The zero-order valence-corrected chi connectivity index (χ0v) is 12.4. The van der Waals surface area contributed by atoms with Gasteiger partial charge < -0.3 is 15.7 Å². The van der Waals surface area contributed by atoms with Crippen LogP contribution in [0.1, 0.15) is 19.8 Å². The summed E-state index contributed by atoms with van der Waals surface area (Å²) in [6.07, 6.45) is 1.11. The van der Waals surface area contributed by atoms with Gasteiger partial charge in [0.2, 0.25) is 5.95 Å². The van der Waals surface area contributed by atoms with Gasteiger partial charge in [-0.25, -0.2) is 0 Å². The standard InChI is InChI=1S/C13H17N7O2/c1-13(22)4-3-6-11(21)19(2)10-7-8(17-18-10)15-12(14)16-9(7)20(6)5-13/h6,22H,3-5H2,1-2H3,(H3,14,15,16,17,18)/t6?,13-/m0/s1. The van der Waals surface area contributed by atoms with E-state index in [0.29, 0.717) is 42.1 Å². The first-order valence-electron chi connectivity index (χ1n) is 7.15. The van der Waals surface area contributed by atoms with Crippen molar-refractivity contribution in [1.29, 1.82) is 0 Å². The van der Waals surface area contributed by atoms with E-state index in [9.17, 15) is 9.90 Å². The number of piperidine rings is 1. The molecule has 116 valence electrons. The zero-order chi connectivity index (χ0) is 15.6. The Balaban J connectivity index is 2.00. The number of hydrogen-bond donors (Lipinski definition) is 3. The molecule has 4 N–H and O–H groups in total. The summed E-state index contributed by atoms with van der Waals surface area (Å²) in [5.74, 6) is 1.08. The highest BCUT2D eigenvalue weighted by atomic mass is 16.3. The second-order valence-electron chi connectivity index (χ2n) is 6.25. The summed E-state index contributed by atoms with van der Waals surface area (Å²) >= 11 is 0. The molecule has 0 aliphatic carbocycles. The lowest BCUT2D eigenvalue weighted by Crippen LogP contribution is -2.56. The van der Waals surface area contributed by atoms with E-state index in [-0.39, 0.29) is 17.9 Å². The third-order valence-electron chi connectivity index (χ3n) is 4.45. The summed E-state index contributed by atoms with van der Waals surface area (Å²) in [7, 11) is 1.69. The second kappa shape index (κ2) is 4.07. The number of nitrogens with one attached hydrogen (secondary N) is 1. The van der Waals surface area contributed by atoms with E-state index < -0.39 is 5.60 Å². The molecule has 0 radical (unpaired) electrons. The van der Waals surface area contributed by atoms with Crippen molar-refractivity contribution in [3.63, 3.8) is 0 Å². The maximum atomic E-state index is 12.8. The van der Waals surface area contributed by atoms with Gasteiger partial charge >= 0.3 is 0 Å². The molecule has 2 aromatic rings. The van der Waals surface area contributed by atoms with Crippen LogP contribution in [0.25, 0.3) is 11.0 Å². The molecule has 0 bridgehead atoms. The molecule has 1 saturated heterocycles. The Hall–Kier alpha value is -2.42. The maximum Gasteiger partial charge on any atom is 0.250 e. The third kappa shape index (κ3) is 1.68. The van der Waals surface area contributed by atoms with Crippen LogP contribution >= 0.6 is 0 Å². The quantitative estimate of drug-likeness (QED) is 0.606. The lowest BCUT2D eigenvalue weighted by molar-refractivity contribution is -0.120. The normalized spacial score (nSPS) is 28.0. The van der Waals surface area contributed by atoms with Gasteiger partial charge in [0.15, 0.2) is 11.5 Å². The van der Waals surface area contributed by atoms with Crippen molar-refractivity contribution in [1.82, 2.24) is 20.2 Å². The smallest absolute Gasteiger partial charge is 0.250 e. The summed E-state index contributed by atoms with van der Waals surface area (Å²) in [6.45, 7) is 2.08. The number of fused-ring (bicyclic) bond motifs is 2. The Kier molecular flexibility index (Phi) is 2.45. The Morgan fingerprint density at radius 2 is 2.18 bits per heavy atom. The zero-order valence-electron chi connectivity index (χ0n) is 12.4. The van der Waals surface area contributed by atoms with Crippen LogP contribution in [0.5, 0.6) is 0 Å². The number of aliphatic hydroxyl groups is 1. The van der Waals surface area contributed by atoms with Crippen molar-refractivity contribution in [3.8, 4) is 0 Å². The largest absolute Gasteiger partial charge is 0.388 e. The van der Waals surface area contributed by atoms with E-state index in [0.717, 1.165) is 0 Å². The number of likely N-dealkylation sites (N-methyl/N-ethyl adjacent to an activating group) is 1. The van der Waals surface area contributed by atoms with Gasteiger partial charge in [-0.1, -0.05) is 0 Å². The Labute approximate surface area is 126 Å². The molecule has 0 spiro atoms. The molecule has 1 unspecified atom stereocenters. The van der Waals surface area contributed by atoms with Crippen molar-refractivity contribution in [3.05, 3.63) is 0 Å². The number of H-pyrrole nitrogens is 1. The number of aromatic amines is 1. The minimum absolute atomic E-state index is 0.0690. The molecule has 0 saturated carbocycles. The Morgan fingerprint density at radius 3 is 2.95 bits per heavy atom. The monoisotopic (exact) mass is 303 g/mol. The van der Waals surface area contributed by atoms with Crippen molar-refractivity contribution < 1.29 is 9.90 Å². The number of rotatable bonds is 0. The van der Waals surface area contributed by atoms with Gasteiger partial charge in [-0.3, -0.25) is 14.8 Å². The topological polar surface area (TPSA) is 124 Å². The number of anilines is 3. The highest BCUT2D eigenvalue weighted by Crippen LogP contribution is 2.39. The van der Waals surface area contributed by atoms with E-state index in [1.165, 1.54) is 4.90 Å². The third-order valence-corrected chi connectivity index (χ3v) is 4.45. The SMILES string of the molecule is CN1C(=O)C2CC[C@](C)(O)CN2c2nc(N)nc3[nH]nc1c23. The molecule has 2 atom stereocenters. The van der Waals surface area contributed by atoms with Crippen LogP contribution in [0.3, 0.4) is 0 Å². The number of aromatic nitrogens is 4. The summed E-state index contributed by atoms with van der Waals surface area (Å²) in [5, 5.41) is 18.1. The van der Waals surface area contributed by atoms with E-state index in [1.807, 2.05) is 4.90 Å². The van der Waals surface area contributed by atoms with Crippen LogP contribution in [-0.2, 0) is 4.79 Å². The van der Waals surface area contributed by atoms with E-state index in [1.54, 1.807) is 14.0 Å². The summed E-state index contributed by atoms with van der Waals surface area (Å²) in [4.78, 5) is 24.6. The lowest BCUT2D eigenvalue weighted by Gasteiger charge is -2.42. The van der Waals surface area contributed by atoms with Gasteiger partial charge in [-0.05, 0) is 19.8 Å². The number of carbonyl (C=O) groups is 1. The molecule has 2 aliphatic rings. The summed E-state index contributed by atoms with van der Waals surface area (Å²) < 4.78 is 0. The fourth-order valence-corrected chi connectivity index (χ4v) is 3.33. The number of carbonyl (C=O) groups excluding carboxylic acids is 1. The van der Waals surface area contributed by atoms with Crippen molar-refractivity contribution in [2.75, 3.05) is 29.1 Å². The highest BCUT2D eigenvalue weighted by Gasteiger charge is 2.44. The fraction of sp³-hybridized carbons (Fsp3) is 0.538. The van der Waals surface area contributed by atoms with Gasteiger partial charge in [0.25, 0.3) is 5.91 Å². The lowest BCUT2D eigenvalue weighted by atomic mass is 9.90. The van der Waals surface area contributed by atoms with Gasteiger partial charge in [0.05, 0.1) is 5.60 Å². The highest BCUT2D eigenvalue weighted by molar-refractivity contribution is 6.10. The molecule has 2 aliphatic heterocycles. The first-order chi connectivity index (χ1) is 10.4. The number of nitrogens with zero attached hydrogens (tertiary/aromatic N) is 5. The van der Waals surface area contributed by atoms with Crippen LogP contribution < -0.4 is 15.5 Å². The number of nitrogen functional groups attached to an aromatic ring is 1. The minimum atomic E-state index is -0.879. The number of nitrogens with two attached hydrogens (primary N) is 1. The van der Waals surface area contributed by atoms with Crippen LogP contribution in [0.2, 0.25) is 0 Å². The van der Waals surface area contributed by atoms with Crippen molar-refractivity contribution in [2.24, 2.45) is 0 Å². The first kappa shape index (κ1) is 13.3.